The predicted octanol–water partition coefficient (Wildman–Crippen LogP) is 4.32. The molecule has 0 spiro atoms. The van der Waals surface area contributed by atoms with E-state index in [0.29, 0.717) is 17.7 Å². The number of aromatic nitrogens is 2. The third-order valence-electron chi connectivity index (χ3n) is 5.99. The van der Waals surface area contributed by atoms with E-state index in [0.717, 1.165) is 15.8 Å². The van der Waals surface area contributed by atoms with Crippen LogP contribution in [0, 0.1) is 30.2 Å². The summed E-state index contributed by atoms with van der Waals surface area (Å²) in [6.07, 6.45) is 0.327. The summed E-state index contributed by atoms with van der Waals surface area (Å²) in [6.45, 7) is 7.74. The Morgan fingerprint density at radius 2 is 1.64 bits per heavy atom. The van der Waals surface area contributed by atoms with Gasteiger partial charge in [0, 0.05) is 18.1 Å². The van der Waals surface area contributed by atoms with Crippen molar-refractivity contribution in [3.05, 3.63) is 92.4 Å². The van der Waals surface area contributed by atoms with Gasteiger partial charge in [0.2, 0.25) is 17.5 Å². The zero-order chi connectivity index (χ0) is 29.1. The lowest BCUT2D eigenvalue weighted by Crippen LogP contribution is -2.41. The van der Waals surface area contributed by atoms with E-state index < -0.39 is 65.5 Å². The van der Waals surface area contributed by atoms with E-state index in [2.05, 4.69) is 35.9 Å². The van der Waals surface area contributed by atoms with Crippen LogP contribution in [-0.4, -0.2) is 34.6 Å². The van der Waals surface area contributed by atoms with Gasteiger partial charge in [-0.3, -0.25) is 14.4 Å². The van der Waals surface area contributed by atoms with Crippen molar-refractivity contribution < 1.29 is 31.9 Å². The average molecular weight is 548 g/mol. The van der Waals surface area contributed by atoms with Crippen LogP contribution in [0.25, 0.3) is 0 Å². The highest BCUT2D eigenvalue weighted by Gasteiger charge is 2.24. The van der Waals surface area contributed by atoms with Crippen molar-refractivity contribution in [3.63, 3.8) is 0 Å². The minimum atomic E-state index is -1.79. The first-order valence-corrected chi connectivity index (χ1v) is 12.1. The Labute approximate surface area is 222 Å². The van der Waals surface area contributed by atoms with Crippen LogP contribution in [0.2, 0.25) is 0 Å². The highest BCUT2D eigenvalue weighted by atomic mass is 19.2. The van der Waals surface area contributed by atoms with Crippen molar-refractivity contribution in [2.75, 3.05) is 13.2 Å². The quantitative estimate of drug-likeness (QED) is 0.318. The molecule has 0 radical (unpaired) electrons. The number of carbonyl (C=O) groups excluding carboxylic acids is 2. The molecule has 11 heteroatoms. The van der Waals surface area contributed by atoms with Crippen molar-refractivity contribution in [2.45, 2.75) is 52.5 Å². The van der Waals surface area contributed by atoms with Crippen LogP contribution in [0.3, 0.4) is 0 Å². The lowest BCUT2D eigenvalue weighted by Gasteiger charge is -2.23. The number of halogens is 4. The molecule has 0 fully saturated rings. The van der Waals surface area contributed by atoms with E-state index >= 15 is 0 Å². The van der Waals surface area contributed by atoms with Crippen LogP contribution in [0.1, 0.15) is 56.1 Å². The molecule has 1 atom stereocenters. The SMILES string of the molecule is Cc1cc(Cc2ccccc2C(C)(C)C)c(=O)n(C(C)C(=O)NCC(=O)COc2c(F)c(F)cc(F)c2F)n1. The highest BCUT2D eigenvalue weighted by Crippen LogP contribution is 2.27. The summed E-state index contributed by atoms with van der Waals surface area (Å²) in [4.78, 5) is 38.1. The second-order valence-corrected chi connectivity index (χ2v) is 10.2. The smallest absolute Gasteiger partial charge is 0.271 e. The van der Waals surface area contributed by atoms with Crippen LogP contribution in [-0.2, 0) is 21.4 Å². The highest BCUT2D eigenvalue weighted by molar-refractivity contribution is 5.88. The van der Waals surface area contributed by atoms with Gasteiger partial charge in [-0.15, -0.1) is 0 Å². The average Bonchev–Trinajstić information content (AvgIpc) is 2.87. The molecule has 1 heterocycles. The molecule has 0 aliphatic rings. The Kier molecular flexibility index (Phi) is 8.93. The molecule has 0 bridgehead atoms. The van der Waals surface area contributed by atoms with Crippen molar-refractivity contribution in [1.82, 2.24) is 15.1 Å². The molecule has 208 valence electrons. The Morgan fingerprint density at radius 3 is 2.26 bits per heavy atom. The first kappa shape index (κ1) is 29.5. The minimum absolute atomic E-state index is 0.0109. The Morgan fingerprint density at radius 1 is 1.03 bits per heavy atom. The molecule has 1 amide bonds. The summed E-state index contributed by atoms with van der Waals surface area (Å²) in [5.41, 5.74) is 2.37. The van der Waals surface area contributed by atoms with Crippen molar-refractivity contribution in [1.29, 1.82) is 0 Å². The zero-order valence-corrected chi connectivity index (χ0v) is 22.2. The first-order valence-electron chi connectivity index (χ1n) is 12.1. The van der Waals surface area contributed by atoms with E-state index in [9.17, 15) is 31.9 Å². The zero-order valence-electron chi connectivity index (χ0n) is 22.2. The molecule has 3 rings (SSSR count). The van der Waals surface area contributed by atoms with Crippen LogP contribution >= 0.6 is 0 Å². The fraction of sp³-hybridized carbons (Fsp3) is 0.357. The second-order valence-electron chi connectivity index (χ2n) is 10.2. The number of ketones is 1. The van der Waals surface area contributed by atoms with E-state index in [1.807, 2.05) is 24.3 Å². The van der Waals surface area contributed by atoms with Gasteiger partial charge >= 0.3 is 0 Å². The number of benzene rings is 2. The maximum atomic E-state index is 13.7. The lowest BCUT2D eigenvalue weighted by molar-refractivity contribution is -0.128. The van der Waals surface area contributed by atoms with Gasteiger partial charge in [-0.05, 0) is 36.5 Å². The lowest BCUT2D eigenvalue weighted by atomic mass is 9.82. The van der Waals surface area contributed by atoms with E-state index in [-0.39, 0.29) is 11.5 Å². The largest absolute Gasteiger partial charge is 0.479 e. The molecular weight excluding hydrogens is 518 g/mol. The van der Waals surface area contributed by atoms with Crippen molar-refractivity contribution >= 4 is 11.7 Å². The summed E-state index contributed by atoms with van der Waals surface area (Å²) in [5.74, 6) is -9.89. The first-order chi connectivity index (χ1) is 18.2. The second kappa shape index (κ2) is 11.8. The van der Waals surface area contributed by atoms with Gasteiger partial charge in [0.05, 0.1) is 12.2 Å². The minimum Gasteiger partial charge on any atom is -0.479 e. The summed E-state index contributed by atoms with van der Waals surface area (Å²) in [7, 11) is 0. The molecule has 7 nitrogen and oxygen atoms in total. The normalized spacial score (nSPS) is 12.2. The van der Waals surface area contributed by atoms with E-state index in [4.69, 9.17) is 0 Å². The van der Waals surface area contributed by atoms with Gasteiger partial charge < -0.3 is 10.1 Å². The molecule has 0 aliphatic heterocycles. The van der Waals surface area contributed by atoms with Crippen molar-refractivity contribution in [3.8, 4) is 5.75 Å². The Hall–Kier alpha value is -4.02. The van der Waals surface area contributed by atoms with Crippen LogP contribution in [0.15, 0.2) is 41.2 Å². The maximum absolute atomic E-state index is 13.7. The van der Waals surface area contributed by atoms with E-state index in [1.54, 1.807) is 13.0 Å². The third kappa shape index (κ3) is 6.90. The number of carbonyl (C=O) groups is 2. The van der Waals surface area contributed by atoms with Gasteiger partial charge in [0.1, 0.15) is 12.6 Å². The number of ether oxygens (including phenoxy) is 1. The molecule has 0 saturated heterocycles. The number of amides is 1. The molecular formula is C28H29F4N3O4. The number of hydrogen-bond acceptors (Lipinski definition) is 5. The summed E-state index contributed by atoms with van der Waals surface area (Å²) in [5, 5.41) is 6.50. The van der Waals surface area contributed by atoms with E-state index in [1.165, 1.54) is 6.92 Å². The van der Waals surface area contributed by atoms with Crippen LogP contribution < -0.4 is 15.6 Å². The van der Waals surface area contributed by atoms with Crippen LogP contribution in [0.5, 0.6) is 5.75 Å². The maximum Gasteiger partial charge on any atom is 0.271 e. The molecule has 3 aromatic rings. The van der Waals surface area contributed by atoms with Gasteiger partial charge in [0.25, 0.3) is 5.56 Å². The van der Waals surface area contributed by atoms with Gasteiger partial charge in [-0.1, -0.05) is 45.0 Å². The fourth-order valence-corrected chi connectivity index (χ4v) is 4.03. The summed E-state index contributed by atoms with van der Waals surface area (Å²) < 4.78 is 59.6. The fourth-order valence-electron chi connectivity index (χ4n) is 4.03. The molecule has 2 aromatic carbocycles. The number of nitrogens with one attached hydrogen (secondary N) is 1. The number of Topliss-reactive ketones (excluding diaryl/α,β-unsaturated/α-hetero) is 1. The molecule has 39 heavy (non-hydrogen) atoms. The van der Waals surface area contributed by atoms with Gasteiger partial charge in [0.15, 0.2) is 23.2 Å². The number of hydrogen-bond donors (Lipinski definition) is 1. The molecule has 1 unspecified atom stereocenters. The predicted molar refractivity (Wildman–Crippen MR) is 136 cm³/mol. The third-order valence-corrected chi connectivity index (χ3v) is 5.99. The standard InChI is InChI=1S/C28H29F4N3O4/c1-15-10-18(11-17-8-6-7-9-20(17)28(3,4)5)27(38)35(34-15)16(2)26(37)33-13-19(36)14-39-25-23(31)21(29)12-22(30)24(25)32/h6-10,12,16H,11,13-14H2,1-5H3,(H,33,37). The number of aryl methyl sites for hydroxylation is 1. The summed E-state index contributed by atoms with van der Waals surface area (Å²) in [6, 6.07) is 8.35. The van der Waals surface area contributed by atoms with Crippen molar-refractivity contribution in [2.24, 2.45) is 0 Å². The molecule has 0 saturated carbocycles. The number of nitrogens with zero attached hydrogens (tertiary/aromatic N) is 2. The Balaban J connectivity index is 1.70. The van der Waals surface area contributed by atoms with Gasteiger partial charge in [-0.2, -0.15) is 13.9 Å². The van der Waals surface area contributed by atoms with Crippen LogP contribution in [0.4, 0.5) is 17.6 Å². The van der Waals surface area contributed by atoms with Gasteiger partial charge in [-0.25, -0.2) is 13.5 Å². The summed E-state index contributed by atoms with van der Waals surface area (Å²) >= 11 is 0. The Bertz CT molecular complexity index is 1440. The molecule has 1 N–H and O–H groups in total. The molecule has 1 aromatic heterocycles. The molecule has 0 aliphatic carbocycles. The topological polar surface area (TPSA) is 90.3 Å². The monoisotopic (exact) mass is 547 g/mol. The number of rotatable bonds is 9.